The molecule has 0 bridgehead atoms. The molecule has 0 fully saturated rings. The molecule has 1 aliphatic heterocycles. The predicted molar refractivity (Wildman–Crippen MR) is 100 cm³/mol. The van der Waals surface area contributed by atoms with Crippen molar-refractivity contribution >= 4 is 27.6 Å². The van der Waals surface area contributed by atoms with Crippen molar-refractivity contribution in [3.8, 4) is 17.2 Å². The van der Waals surface area contributed by atoms with Crippen LogP contribution in [0.5, 0.6) is 17.2 Å². The molecule has 1 unspecified atom stereocenters. The van der Waals surface area contributed by atoms with E-state index in [1.807, 2.05) is 19.1 Å². The summed E-state index contributed by atoms with van der Waals surface area (Å²) in [5.74, 6) is 1.44. The van der Waals surface area contributed by atoms with Crippen molar-refractivity contribution < 1.29 is 23.8 Å². The summed E-state index contributed by atoms with van der Waals surface area (Å²) in [6, 6.07) is 10.4. The highest BCUT2D eigenvalue weighted by Crippen LogP contribution is 2.32. The Labute approximate surface area is 159 Å². The lowest BCUT2D eigenvalue weighted by Gasteiger charge is -2.24. The Bertz CT molecular complexity index is 865. The molecule has 0 saturated carbocycles. The number of nitrogens with zero attached hydrogens (tertiary/aromatic N) is 1. The zero-order chi connectivity index (χ0) is 18.7. The number of halogens is 1. The molecule has 1 heterocycles. The van der Waals surface area contributed by atoms with Gasteiger partial charge in [-0.15, -0.1) is 0 Å². The highest BCUT2D eigenvalue weighted by Gasteiger charge is 2.24. The molecule has 0 amide bonds. The van der Waals surface area contributed by atoms with E-state index < -0.39 is 5.97 Å². The van der Waals surface area contributed by atoms with Crippen LogP contribution in [0.2, 0.25) is 0 Å². The minimum absolute atomic E-state index is 0.0813. The van der Waals surface area contributed by atoms with Crippen molar-refractivity contribution in [2.75, 3.05) is 14.2 Å². The predicted octanol–water partition coefficient (Wildman–Crippen LogP) is 4.20. The van der Waals surface area contributed by atoms with E-state index in [0.29, 0.717) is 39.4 Å². The number of rotatable bonds is 4. The monoisotopic (exact) mass is 419 g/mol. The molecule has 0 saturated heterocycles. The zero-order valence-corrected chi connectivity index (χ0v) is 16.2. The fraction of sp³-hybridized carbons (Fsp3) is 0.263. The summed E-state index contributed by atoms with van der Waals surface area (Å²) in [6.45, 7) is 1.93. The van der Waals surface area contributed by atoms with Crippen LogP contribution < -0.4 is 14.2 Å². The summed E-state index contributed by atoms with van der Waals surface area (Å²) in [5.41, 5.74) is 1.81. The van der Waals surface area contributed by atoms with Gasteiger partial charge in [0.1, 0.15) is 23.4 Å². The van der Waals surface area contributed by atoms with Gasteiger partial charge in [0.2, 0.25) is 0 Å². The highest BCUT2D eigenvalue weighted by molar-refractivity contribution is 9.10. The maximum atomic E-state index is 12.3. The number of carbonyl (C=O) groups excluding carboxylic acids is 1. The maximum Gasteiger partial charge on any atom is 0.365 e. The van der Waals surface area contributed by atoms with E-state index in [-0.39, 0.29) is 6.10 Å². The molecular weight excluding hydrogens is 402 g/mol. The number of benzene rings is 2. The van der Waals surface area contributed by atoms with Crippen molar-refractivity contribution in [3.63, 3.8) is 0 Å². The molecular formula is C19H18BrNO5. The van der Waals surface area contributed by atoms with Crippen LogP contribution in [0.15, 0.2) is 46.0 Å². The first-order chi connectivity index (χ1) is 12.5. The van der Waals surface area contributed by atoms with Gasteiger partial charge in [0, 0.05) is 18.1 Å². The van der Waals surface area contributed by atoms with Crippen LogP contribution in [0.1, 0.15) is 29.3 Å². The molecule has 136 valence electrons. The van der Waals surface area contributed by atoms with Crippen molar-refractivity contribution in [3.05, 3.63) is 52.0 Å². The fourth-order valence-electron chi connectivity index (χ4n) is 2.64. The third-order valence-electron chi connectivity index (χ3n) is 3.93. The molecule has 0 aliphatic carbocycles. The Morgan fingerprint density at radius 1 is 1.19 bits per heavy atom. The smallest absolute Gasteiger partial charge is 0.365 e. The Kier molecular flexibility index (Phi) is 5.46. The summed E-state index contributed by atoms with van der Waals surface area (Å²) < 4.78 is 16.9. The molecule has 0 N–H and O–H groups in total. The van der Waals surface area contributed by atoms with Crippen LogP contribution in [-0.2, 0) is 4.84 Å². The molecule has 6 nitrogen and oxygen atoms in total. The number of oxime groups is 1. The topological polar surface area (TPSA) is 66.3 Å². The first kappa shape index (κ1) is 18.3. The molecule has 0 aromatic heterocycles. The van der Waals surface area contributed by atoms with Crippen LogP contribution in [-0.4, -0.2) is 32.0 Å². The van der Waals surface area contributed by atoms with Crippen LogP contribution in [0.3, 0.4) is 0 Å². The Morgan fingerprint density at radius 3 is 2.69 bits per heavy atom. The number of carbonyl (C=O) groups is 1. The van der Waals surface area contributed by atoms with Crippen molar-refractivity contribution in [1.29, 1.82) is 0 Å². The number of hydrogen-bond donors (Lipinski definition) is 0. The van der Waals surface area contributed by atoms with Crippen molar-refractivity contribution in [1.82, 2.24) is 0 Å². The Hall–Kier alpha value is -2.54. The third-order valence-corrected chi connectivity index (χ3v) is 4.55. The molecule has 2 aromatic carbocycles. The summed E-state index contributed by atoms with van der Waals surface area (Å²) >= 11 is 3.35. The molecule has 7 heteroatoms. The van der Waals surface area contributed by atoms with E-state index in [4.69, 9.17) is 19.0 Å². The molecule has 2 aromatic rings. The molecule has 0 spiro atoms. The first-order valence-electron chi connectivity index (χ1n) is 7.98. The van der Waals surface area contributed by atoms with E-state index in [2.05, 4.69) is 21.1 Å². The number of methoxy groups -OCH3 is 2. The second-order valence-corrected chi connectivity index (χ2v) is 6.62. The number of ether oxygens (including phenoxy) is 3. The fourth-order valence-corrected chi connectivity index (χ4v) is 3.18. The van der Waals surface area contributed by atoms with Gasteiger partial charge in [0.05, 0.1) is 30.0 Å². The second-order valence-electron chi connectivity index (χ2n) is 5.76. The quantitative estimate of drug-likeness (QED) is 0.548. The van der Waals surface area contributed by atoms with Crippen LogP contribution >= 0.6 is 15.9 Å². The molecule has 26 heavy (non-hydrogen) atoms. The summed E-state index contributed by atoms with van der Waals surface area (Å²) in [6.07, 6.45) is 0.459. The SMILES string of the molecule is COc1ccc2c(c1)OC(C)C/C2=N/OC(=O)c1ccc(OC)c(Br)c1. The van der Waals surface area contributed by atoms with Gasteiger partial charge in [-0.05, 0) is 53.2 Å². The standard InChI is InChI=1S/C19H18BrNO5/c1-11-8-16(14-6-5-13(23-2)10-18(14)25-11)21-26-19(22)12-4-7-17(24-3)15(20)9-12/h4-7,9-11H,8H2,1-3H3/b21-16-. The average molecular weight is 420 g/mol. The van der Waals surface area contributed by atoms with E-state index in [0.717, 1.165) is 5.56 Å². The Morgan fingerprint density at radius 2 is 2.00 bits per heavy atom. The lowest BCUT2D eigenvalue weighted by atomic mass is 10.0. The Balaban J connectivity index is 1.82. The van der Waals surface area contributed by atoms with Crippen LogP contribution in [0.25, 0.3) is 0 Å². The summed E-state index contributed by atoms with van der Waals surface area (Å²) in [7, 11) is 3.15. The molecule has 0 radical (unpaired) electrons. The average Bonchev–Trinajstić information content (AvgIpc) is 2.64. The van der Waals surface area contributed by atoms with Crippen molar-refractivity contribution in [2.45, 2.75) is 19.4 Å². The maximum absolute atomic E-state index is 12.3. The zero-order valence-electron chi connectivity index (χ0n) is 14.6. The largest absolute Gasteiger partial charge is 0.497 e. The van der Waals surface area contributed by atoms with Gasteiger partial charge in [-0.2, -0.15) is 0 Å². The number of hydrogen-bond acceptors (Lipinski definition) is 6. The normalized spacial score (nSPS) is 17.2. The van der Waals surface area contributed by atoms with E-state index >= 15 is 0 Å². The van der Waals surface area contributed by atoms with Gasteiger partial charge in [-0.3, -0.25) is 0 Å². The van der Waals surface area contributed by atoms with E-state index in [1.54, 1.807) is 38.5 Å². The molecule has 3 rings (SSSR count). The first-order valence-corrected chi connectivity index (χ1v) is 8.78. The van der Waals surface area contributed by atoms with Gasteiger partial charge in [0.15, 0.2) is 0 Å². The third kappa shape index (κ3) is 3.83. The van der Waals surface area contributed by atoms with Crippen LogP contribution in [0.4, 0.5) is 0 Å². The van der Waals surface area contributed by atoms with E-state index in [9.17, 15) is 4.79 Å². The minimum Gasteiger partial charge on any atom is -0.497 e. The van der Waals surface area contributed by atoms with Gasteiger partial charge in [-0.25, -0.2) is 4.79 Å². The molecule has 1 atom stereocenters. The van der Waals surface area contributed by atoms with Crippen molar-refractivity contribution in [2.24, 2.45) is 5.16 Å². The van der Waals surface area contributed by atoms with Gasteiger partial charge >= 0.3 is 5.97 Å². The highest BCUT2D eigenvalue weighted by atomic mass is 79.9. The molecule has 1 aliphatic rings. The van der Waals surface area contributed by atoms with Gasteiger partial charge in [0.25, 0.3) is 0 Å². The lowest BCUT2D eigenvalue weighted by molar-refractivity contribution is 0.0513. The second kappa shape index (κ2) is 7.78. The van der Waals surface area contributed by atoms with Gasteiger partial charge in [-0.1, -0.05) is 5.16 Å². The minimum atomic E-state index is -0.546. The summed E-state index contributed by atoms with van der Waals surface area (Å²) in [5, 5.41) is 4.08. The number of fused-ring (bicyclic) bond motifs is 1. The van der Waals surface area contributed by atoms with Gasteiger partial charge < -0.3 is 19.0 Å². The van der Waals surface area contributed by atoms with E-state index in [1.165, 1.54) is 0 Å². The van der Waals surface area contributed by atoms with Crippen LogP contribution in [0, 0.1) is 0 Å². The lowest BCUT2D eigenvalue weighted by Crippen LogP contribution is -2.25. The summed E-state index contributed by atoms with van der Waals surface area (Å²) in [4.78, 5) is 17.4.